The van der Waals surface area contributed by atoms with Crippen LogP contribution >= 0.6 is 0 Å². The van der Waals surface area contributed by atoms with Gasteiger partial charge in [0, 0.05) is 5.69 Å². The van der Waals surface area contributed by atoms with Crippen LogP contribution in [0.15, 0.2) is 22.7 Å². The van der Waals surface area contributed by atoms with Crippen LogP contribution in [-0.4, -0.2) is 21.2 Å². The van der Waals surface area contributed by atoms with E-state index in [2.05, 4.69) is 15.5 Å². The van der Waals surface area contributed by atoms with E-state index in [1.54, 1.807) is 6.92 Å². The molecule has 1 aromatic carbocycles. The van der Waals surface area contributed by atoms with Crippen molar-refractivity contribution in [3.63, 3.8) is 0 Å². The molecular weight excluding hydrogens is 241 g/mol. The molecule has 18 heavy (non-hydrogen) atoms. The molecule has 0 saturated heterocycles. The van der Waals surface area contributed by atoms with Gasteiger partial charge in [0.2, 0.25) is 5.89 Å². The van der Waals surface area contributed by atoms with Crippen LogP contribution in [0.25, 0.3) is 0 Å². The van der Waals surface area contributed by atoms with Crippen molar-refractivity contribution in [2.45, 2.75) is 13.5 Å². The summed E-state index contributed by atoms with van der Waals surface area (Å²) >= 11 is 0. The van der Waals surface area contributed by atoms with Crippen LogP contribution in [0.3, 0.4) is 0 Å². The van der Waals surface area contributed by atoms with E-state index >= 15 is 0 Å². The lowest BCUT2D eigenvalue weighted by molar-refractivity contribution is 0.0697. The smallest absolute Gasteiger partial charge is 0.337 e. The number of hydrogen-bond donors (Lipinski definition) is 2. The number of carboxylic acid groups (broad SMARTS) is 1. The molecule has 0 aliphatic carbocycles. The molecule has 0 saturated carbocycles. The van der Waals surface area contributed by atoms with Crippen LogP contribution in [0.1, 0.15) is 22.1 Å². The molecule has 0 spiro atoms. The lowest BCUT2D eigenvalue weighted by atomic mass is 10.1. The number of hydrogen-bond acceptors (Lipinski definition) is 5. The van der Waals surface area contributed by atoms with E-state index in [9.17, 15) is 9.18 Å². The summed E-state index contributed by atoms with van der Waals surface area (Å²) in [5.74, 6) is -0.997. The first-order chi connectivity index (χ1) is 8.56. The Hall–Kier alpha value is -2.44. The number of rotatable bonds is 4. The fraction of sp³-hybridized carbons (Fsp3) is 0.182. The van der Waals surface area contributed by atoms with Crippen molar-refractivity contribution in [1.29, 1.82) is 0 Å². The van der Waals surface area contributed by atoms with Crippen molar-refractivity contribution in [3.05, 3.63) is 41.3 Å². The van der Waals surface area contributed by atoms with Crippen LogP contribution < -0.4 is 5.32 Å². The van der Waals surface area contributed by atoms with Gasteiger partial charge in [0.25, 0.3) is 0 Å². The van der Waals surface area contributed by atoms with Gasteiger partial charge in [0.05, 0.1) is 12.1 Å². The Morgan fingerprint density at radius 2 is 2.33 bits per heavy atom. The molecule has 0 unspecified atom stereocenters. The van der Waals surface area contributed by atoms with E-state index in [4.69, 9.17) is 9.63 Å². The van der Waals surface area contributed by atoms with Crippen LogP contribution in [0, 0.1) is 12.7 Å². The highest BCUT2D eigenvalue weighted by Crippen LogP contribution is 2.17. The fourth-order valence-electron chi connectivity index (χ4n) is 1.43. The monoisotopic (exact) mass is 251 g/mol. The first kappa shape index (κ1) is 12.0. The minimum absolute atomic E-state index is 0.147. The zero-order chi connectivity index (χ0) is 13.1. The minimum atomic E-state index is -1.21. The summed E-state index contributed by atoms with van der Waals surface area (Å²) in [5, 5.41) is 15.3. The van der Waals surface area contributed by atoms with E-state index < -0.39 is 11.8 Å². The Bertz CT molecular complexity index is 583. The lowest BCUT2D eigenvalue weighted by Gasteiger charge is -2.07. The van der Waals surface area contributed by atoms with Gasteiger partial charge in [0.15, 0.2) is 5.82 Å². The van der Waals surface area contributed by atoms with Gasteiger partial charge < -0.3 is 14.9 Å². The first-order valence-corrected chi connectivity index (χ1v) is 5.12. The quantitative estimate of drug-likeness (QED) is 0.861. The Labute approximate surface area is 101 Å². The van der Waals surface area contributed by atoms with Crippen LogP contribution in [0.5, 0.6) is 0 Å². The summed E-state index contributed by atoms with van der Waals surface area (Å²) in [6, 6.07) is 3.47. The summed E-state index contributed by atoms with van der Waals surface area (Å²) in [7, 11) is 0. The number of aryl methyl sites for hydroxylation is 1. The lowest BCUT2D eigenvalue weighted by Crippen LogP contribution is -2.07. The number of benzene rings is 1. The molecule has 0 amide bonds. The molecule has 2 N–H and O–H groups in total. The van der Waals surface area contributed by atoms with E-state index in [1.807, 2.05) is 0 Å². The van der Waals surface area contributed by atoms with E-state index in [0.29, 0.717) is 17.4 Å². The number of nitrogens with zero attached hydrogens (tertiary/aromatic N) is 2. The Balaban J connectivity index is 2.16. The molecule has 0 fully saturated rings. The van der Waals surface area contributed by atoms with E-state index in [1.165, 1.54) is 12.1 Å². The second kappa shape index (κ2) is 4.82. The molecule has 6 nitrogen and oxygen atoms in total. The maximum atomic E-state index is 12.9. The molecule has 0 aliphatic heterocycles. The Kier molecular flexibility index (Phi) is 3.22. The van der Waals surface area contributed by atoms with E-state index in [0.717, 1.165) is 6.07 Å². The highest BCUT2D eigenvalue weighted by molar-refractivity contribution is 5.94. The van der Waals surface area contributed by atoms with Gasteiger partial charge >= 0.3 is 5.97 Å². The van der Waals surface area contributed by atoms with Gasteiger partial charge in [-0.1, -0.05) is 5.16 Å². The summed E-state index contributed by atoms with van der Waals surface area (Å²) in [5.41, 5.74) is 0.144. The topological polar surface area (TPSA) is 88.2 Å². The highest BCUT2D eigenvalue weighted by atomic mass is 19.1. The molecule has 2 aromatic rings. The number of carboxylic acids is 1. The molecule has 0 radical (unpaired) electrons. The number of nitrogens with one attached hydrogen (secondary N) is 1. The number of aromatic carboxylic acids is 1. The SMILES string of the molecule is Cc1noc(CNc2ccc(F)cc2C(=O)O)n1. The van der Waals surface area contributed by atoms with Gasteiger partial charge in [-0.25, -0.2) is 9.18 Å². The summed E-state index contributed by atoms with van der Waals surface area (Å²) in [6.07, 6.45) is 0. The zero-order valence-corrected chi connectivity index (χ0v) is 9.48. The molecule has 94 valence electrons. The minimum Gasteiger partial charge on any atom is -0.478 e. The molecule has 1 heterocycles. The van der Waals surface area contributed by atoms with E-state index in [-0.39, 0.29) is 12.1 Å². The zero-order valence-electron chi connectivity index (χ0n) is 9.48. The predicted molar refractivity (Wildman–Crippen MR) is 59.7 cm³/mol. The third kappa shape index (κ3) is 2.62. The standard InChI is InChI=1S/C11H10FN3O3/c1-6-14-10(18-15-6)5-13-9-3-2-7(12)4-8(9)11(16)17/h2-4,13H,5H2,1H3,(H,16,17). The maximum Gasteiger partial charge on any atom is 0.337 e. The van der Waals surface area contributed by atoms with Gasteiger partial charge in [-0.3, -0.25) is 0 Å². The predicted octanol–water partition coefficient (Wildman–Crippen LogP) is 1.83. The number of anilines is 1. The second-order valence-corrected chi connectivity index (χ2v) is 3.58. The van der Waals surface area contributed by atoms with Gasteiger partial charge in [-0.05, 0) is 25.1 Å². The molecule has 7 heteroatoms. The summed E-state index contributed by atoms with van der Waals surface area (Å²) in [4.78, 5) is 14.9. The normalized spacial score (nSPS) is 10.3. The van der Waals surface area contributed by atoms with Gasteiger partial charge in [-0.2, -0.15) is 4.98 Å². The van der Waals surface area contributed by atoms with Crippen LogP contribution in [0.4, 0.5) is 10.1 Å². The van der Waals surface area contributed by atoms with Crippen molar-refractivity contribution in [1.82, 2.24) is 10.1 Å². The van der Waals surface area contributed by atoms with Crippen molar-refractivity contribution < 1.29 is 18.8 Å². The second-order valence-electron chi connectivity index (χ2n) is 3.58. The van der Waals surface area contributed by atoms with Crippen molar-refractivity contribution in [3.8, 4) is 0 Å². The van der Waals surface area contributed by atoms with Crippen LogP contribution in [-0.2, 0) is 6.54 Å². The first-order valence-electron chi connectivity index (χ1n) is 5.12. The number of carbonyl (C=O) groups is 1. The molecule has 0 atom stereocenters. The number of halogens is 1. The van der Waals surface area contributed by atoms with Crippen molar-refractivity contribution >= 4 is 11.7 Å². The summed E-state index contributed by atoms with van der Waals surface area (Å²) in [6.45, 7) is 1.85. The Morgan fingerprint density at radius 1 is 1.56 bits per heavy atom. The molecule has 2 rings (SSSR count). The third-order valence-electron chi connectivity index (χ3n) is 2.21. The Morgan fingerprint density at radius 3 is 2.94 bits per heavy atom. The van der Waals surface area contributed by atoms with Crippen molar-refractivity contribution in [2.75, 3.05) is 5.32 Å². The number of aromatic nitrogens is 2. The third-order valence-corrected chi connectivity index (χ3v) is 2.21. The van der Waals surface area contributed by atoms with Crippen molar-refractivity contribution in [2.24, 2.45) is 0 Å². The van der Waals surface area contributed by atoms with Crippen LogP contribution in [0.2, 0.25) is 0 Å². The molecule has 0 aliphatic rings. The molecular formula is C11H10FN3O3. The van der Waals surface area contributed by atoms with Gasteiger partial charge in [0.1, 0.15) is 5.82 Å². The molecule has 1 aromatic heterocycles. The summed E-state index contributed by atoms with van der Waals surface area (Å²) < 4.78 is 17.8. The molecule has 0 bridgehead atoms. The average molecular weight is 251 g/mol. The van der Waals surface area contributed by atoms with Gasteiger partial charge in [-0.15, -0.1) is 0 Å². The largest absolute Gasteiger partial charge is 0.478 e. The average Bonchev–Trinajstić information content (AvgIpc) is 2.73. The highest BCUT2D eigenvalue weighted by Gasteiger charge is 2.12. The fourth-order valence-corrected chi connectivity index (χ4v) is 1.43. The maximum absolute atomic E-state index is 12.9.